The number of aromatic nitrogens is 1. The SMILES string of the molecule is CN(Cc1cccs1)C(=O)c1cn(C[C@H]2CCCO2)cc(C(=O)NC2CCCCCCC2)c1=O. The van der Waals surface area contributed by atoms with Gasteiger partial charge in [-0.1, -0.05) is 38.2 Å². The molecule has 1 N–H and O–H groups in total. The van der Waals surface area contributed by atoms with E-state index in [0.717, 1.165) is 50.0 Å². The molecule has 7 nitrogen and oxygen atoms in total. The Bertz CT molecular complexity index is 1020. The third kappa shape index (κ3) is 6.36. The lowest BCUT2D eigenvalue weighted by Gasteiger charge is -2.22. The van der Waals surface area contributed by atoms with Gasteiger partial charge in [0.25, 0.3) is 11.8 Å². The van der Waals surface area contributed by atoms with Gasteiger partial charge >= 0.3 is 0 Å². The Kier molecular flexibility index (Phi) is 8.56. The van der Waals surface area contributed by atoms with E-state index in [4.69, 9.17) is 4.74 Å². The number of thiophene rings is 1. The van der Waals surface area contributed by atoms with E-state index < -0.39 is 5.43 Å². The highest BCUT2D eigenvalue weighted by atomic mass is 32.1. The van der Waals surface area contributed by atoms with Crippen LogP contribution in [0.3, 0.4) is 0 Å². The maximum atomic E-state index is 13.4. The molecule has 2 aliphatic rings. The van der Waals surface area contributed by atoms with Gasteiger partial charge in [0.1, 0.15) is 11.1 Å². The van der Waals surface area contributed by atoms with Crippen molar-refractivity contribution in [1.29, 1.82) is 0 Å². The van der Waals surface area contributed by atoms with Crippen molar-refractivity contribution in [2.75, 3.05) is 13.7 Å². The number of carbonyl (C=O) groups is 2. The molecule has 0 unspecified atom stereocenters. The predicted molar refractivity (Wildman–Crippen MR) is 133 cm³/mol. The predicted octanol–water partition coefficient (Wildman–Crippen LogP) is 4.20. The number of carbonyl (C=O) groups excluding carboxylic acids is 2. The second kappa shape index (κ2) is 11.8. The summed E-state index contributed by atoms with van der Waals surface area (Å²) >= 11 is 1.57. The maximum Gasteiger partial charge on any atom is 0.259 e. The summed E-state index contributed by atoms with van der Waals surface area (Å²) < 4.78 is 7.55. The monoisotopic (exact) mass is 485 g/mol. The largest absolute Gasteiger partial charge is 0.376 e. The van der Waals surface area contributed by atoms with Gasteiger partial charge in [-0.25, -0.2) is 0 Å². The summed E-state index contributed by atoms with van der Waals surface area (Å²) in [7, 11) is 1.69. The molecular formula is C26H35N3O4S. The minimum atomic E-state index is -0.505. The molecule has 184 valence electrons. The van der Waals surface area contributed by atoms with Crippen LogP contribution in [0.5, 0.6) is 0 Å². The fourth-order valence-electron chi connectivity index (χ4n) is 4.85. The highest BCUT2D eigenvalue weighted by Crippen LogP contribution is 2.18. The van der Waals surface area contributed by atoms with Crippen molar-refractivity contribution < 1.29 is 14.3 Å². The highest BCUT2D eigenvalue weighted by Gasteiger charge is 2.25. The first-order valence-corrected chi connectivity index (χ1v) is 13.3. The number of nitrogens with zero attached hydrogens (tertiary/aromatic N) is 2. The maximum absolute atomic E-state index is 13.4. The Labute approximate surface area is 205 Å². The lowest BCUT2D eigenvalue weighted by Crippen LogP contribution is -2.40. The van der Waals surface area contributed by atoms with Crippen molar-refractivity contribution in [1.82, 2.24) is 14.8 Å². The van der Waals surface area contributed by atoms with E-state index in [2.05, 4.69) is 5.32 Å². The Hall–Kier alpha value is -2.45. The van der Waals surface area contributed by atoms with E-state index in [0.29, 0.717) is 13.1 Å². The van der Waals surface area contributed by atoms with Crippen molar-refractivity contribution in [2.24, 2.45) is 0 Å². The molecule has 1 saturated carbocycles. The molecule has 2 amide bonds. The number of rotatable bonds is 7. The third-order valence-corrected chi connectivity index (χ3v) is 7.61. The molecule has 0 bridgehead atoms. The summed E-state index contributed by atoms with van der Waals surface area (Å²) in [6.45, 7) is 1.65. The number of amides is 2. The molecule has 1 aliphatic heterocycles. The minimum Gasteiger partial charge on any atom is -0.376 e. The van der Waals surface area contributed by atoms with Gasteiger partial charge < -0.3 is 19.5 Å². The van der Waals surface area contributed by atoms with E-state index in [9.17, 15) is 14.4 Å². The molecule has 2 aromatic rings. The van der Waals surface area contributed by atoms with Gasteiger partial charge in [0.2, 0.25) is 5.43 Å². The van der Waals surface area contributed by atoms with Crippen LogP contribution in [-0.2, 0) is 17.8 Å². The Morgan fingerprint density at radius 1 is 1.09 bits per heavy atom. The van der Waals surface area contributed by atoms with E-state index in [1.54, 1.807) is 35.3 Å². The van der Waals surface area contributed by atoms with Crippen LogP contribution in [0, 0.1) is 0 Å². The van der Waals surface area contributed by atoms with Gasteiger partial charge in [0, 0.05) is 43.5 Å². The zero-order chi connectivity index (χ0) is 23.9. The summed E-state index contributed by atoms with van der Waals surface area (Å²) in [6.07, 6.45) is 12.8. The van der Waals surface area contributed by atoms with Crippen LogP contribution in [0.1, 0.15) is 83.4 Å². The normalized spacial score (nSPS) is 19.4. The summed E-state index contributed by atoms with van der Waals surface area (Å²) in [5.41, 5.74) is -0.437. The fraction of sp³-hybridized carbons (Fsp3) is 0.577. The Balaban J connectivity index is 1.59. The molecule has 4 rings (SSSR count). The van der Waals surface area contributed by atoms with E-state index in [1.165, 1.54) is 24.2 Å². The molecule has 1 aliphatic carbocycles. The van der Waals surface area contributed by atoms with Crippen molar-refractivity contribution in [3.05, 3.63) is 56.1 Å². The third-order valence-electron chi connectivity index (χ3n) is 6.75. The molecular weight excluding hydrogens is 450 g/mol. The van der Waals surface area contributed by atoms with Crippen molar-refractivity contribution in [3.63, 3.8) is 0 Å². The van der Waals surface area contributed by atoms with Gasteiger partial charge in [-0.3, -0.25) is 14.4 Å². The lowest BCUT2D eigenvalue weighted by molar-refractivity contribution is 0.0781. The first kappa shape index (κ1) is 24.7. The van der Waals surface area contributed by atoms with Gasteiger partial charge in [-0.15, -0.1) is 11.3 Å². The second-order valence-electron chi connectivity index (χ2n) is 9.50. The standard InChI is InChI=1S/C26H35N3O4S/c1-28(16-21-12-8-14-34-21)26(32)23-18-29(15-20-11-7-13-33-20)17-22(24(23)30)25(31)27-19-9-5-3-2-4-6-10-19/h8,12,14,17-20H,2-7,9-11,13,15-16H2,1H3,(H,27,31)/t20-/m1/s1. The van der Waals surface area contributed by atoms with E-state index >= 15 is 0 Å². The fourth-order valence-corrected chi connectivity index (χ4v) is 5.61. The number of nitrogens with one attached hydrogen (secondary N) is 1. The van der Waals surface area contributed by atoms with E-state index in [1.807, 2.05) is 17.5 Å². The zero-order valence-electron chi connectivity index (χ0n) is 20.0. The molecule has 0 radical (unpaired) electrons. The van der Waals surface area contributed by atoms with Crippen LogP contribution < -0.4 is 10.7 Å². The van der Waals surface area contributed by atoms with Crippen molar-refractivity contribution >= 4 is 23.2 Å². The van der Waals surface area contributed by atoms with Gasteiger partial charge in [0.05, 0.1) is 12.6 Å². The molecule has 34 heavy (non-hydrogen) atoms. The number of hydrogen-bond donors (Lipinski definition) is 1. The molecule has 0 spiro atoms. The number of pyridine rings is 1. The first-order chi connectivity index (χ1) is 16.5. The Morgan fingerprint density at radius 2 is 1.82 bits per heavy atom. The van der Waals surface area contributed by atoms with Crippen LogP contribution in [-0.4, -0.2) is 47.1 Å². The molecule has 2 fully saturated rings. The zero-order valence-corrected chi connectivity index (χ0v) is 20.8. The topological polar surface area (TPSA) is 80.6 Å². The van der Waals surface area contributed by atoms with Gasteiger partial charge in [-0.05, 0) is 37.1 Å². The molecule has 0 aromatic carbocycles. The molecule has 8 heteroatoms. The van der Waals surface area contributed by atoms with Gasteiger partial charge in [0.15, 0.2) is 0 Å². The van der Waals surface area contributed by atoms with Crippen LogP contribution in [0.4, 0.5) is 0 Å². The first-order valence-electron chi connectivity index (χ1n) is 12.5. The van der Waals surface area contributed by atoms with E-state index in [-0.39, 0.29) is 35.1 Å². The number of hydrogen-bond acceptors (Lipinski definition) is 5. The minimum absolute atomic E-state index is 0.0239. The average molecular weight is 486 g/mol. The molecule has 1 atom stereocenters. The second-order valence-corrected chi connectivity index (χ2v) is 10.5. The Morgan fingerprint density at radius 3 is 2.50 bits per heavy atom. The summed E-state index contributed by atoms with van der Waals surface area (Å²) in [6, 6.07) is 3.97. The number of ether oxygens (including phenoxy) is 1. The highest BCUT2D eigenvalue weighted by molar-refractivity contribution is 7.09. The lowest BCUT2D eigenvalue weighted by atomic mass is 9.96. The summed E-state index contributed by atoms with van der Waals surface area (Å²) in [4.78, 5) is 42.5. The average Bonchev–Trinajstić information content (AvgIpc) is 3.50. The van der Waals surface area contributed by atoms with Gasteiger partial charge in [-0.2, -0.15) is 0 Å². The van der Waals surface area contributed by atoms with Crippen molar-refractivity contribution in [2.45, 2.75) is 83.0 Å². The molecule has 1 saturated heterocycles. The molecule has 3 heterocycles. The van der Waals surface area contributed by atoms with Crippen LogP contribution in [0.2, 0.25) is 0 Å². The van der Waals surface area contributed by atoms with Crippen LogP contribution in [0.25, 0.3) is 0 Å². The van der Waals surface area contributed by atoms with Crippen LogP contribution in [0.15, 0.2) is 34.7 Å². The molecule has 2 aromatic heterocycles. The summed E-state index contributed by atoms with van der Waals surface area (Å²) in [5, 5.41) is 5.05. The quantitative estimate of drug-likeness (QED) is 0.637. The smallest absolute Gasteiger partial charge is 0.259 e. The van der Waals surface area contributed by atoms with Crippen molar-refractivity contribution in [3.8, 4) is 0 Å². The van der Waals surface area contributed by atoms with Crippen LogP contribution >= 0.6 is 11.3 Å². The summed E-state index contributed by atoms with van der Waals surface area (Å²) in [5.74, 6) is -0.757.